The lowest BCUT2D eigenvalue weighted by Crippen LogP contribution is -2.59. The van der Waals surface area contributed by atoms with Gasteiger partial charge in [0.25, 0.3) is 0 Å². The first-order valence-corrected chi connectivity index (χ1v) is 14.8. The van der Waals surface area contributed by atoms with Crippen molar-refractivity contribution >= 4 is 11.8 Å². The molecule has 0 radical (unpaired) electrons. The number of aliphatic hydroxyl groups excluding tert-OH is 3. The number of methoxy groups -OCH3 is 2. The van der Waals surface area contributed by atoms with Crippen molar-refractivity contribution in [3.05, 3.63) is 23.8 Å². The van der Waals surface area contributed by atoms with Crippen molar-refractivity contribution in [1.29, 1.82) is 0 Å². The molecule has 0 aromatic rings. The Morgan fingerprint density at radius 3 is 2.20 bits per heavy atom. The minimum Gasteiger partial charge on any atom is -0.462 e. The number of esters is 1. The SMILES string of the molecule is CCC1CC(C)C(=O)C=CC(C)=CC(COC2OC(C)C(O)C(OC)C2OC)C(CC)OC(=O)CC(O)C(C)C1O. The zero-order valence-electron chi connectivity index (χ0n) is 25.9. The second-order valence-electron chi connectivity index (χ2n) is 11.6. The molecule has 10 heteroatoms. The molecular weight excluding hydrogens is 532 g/mol. The fraction of sp³-hybridized carbons (Fsp3) is 0.806. The van der Waals surface area contributed by atoms with Crippen LogP contribution in [0.4, 0.5) is 0 Å². The molecule has 236 valence electrons. The molecule has 0 saturated carbocycles. The van der Waals surface area contributed by atoms with E-state index in [1.54, 1.807) is 26.0 Å². The predicted octanol–water partition coefficient (Wildman–Crippen LogP) is 2.96. The van der Waals surface area contributed by atoms with Crippen LogP contribution in [0.3, 0.4) is 0 Å². The Morgan fingerprint density at radius 1 is 0.951 bits per heavy atom. The molecule has 12 atom stereocenters. The fourth-order valence-electron chi connectivity index (χ4n) is 5.70. The molecule has 0 bridgehead atoms. The summed E-state index contributed by atoms with van der Waals surface area (Å²) in [5.74, 6) is -2.14. The number of ketones is 1. The van der Waals surface area contributed by atoms with Gasteiger partial charge in [0, 0.05) is 32.0 Å². The zero-order valence-corrected chi connectivity index (χ0v) is 25.9. The number of allylic oxidation sites excluding steroid dienone is 3. The van der Waals surface area contributed by atoms with Crippen LogP contribution in [-0.2, 0) is 33.3 Å². The third kappa shape index (κ3) is 9.68. The maximum atomic E-state index is 13.0. The number of rotatable bonds is 7. The lowest BCUT2D eigenvalue weighted by Gasteiger charge is -2.42. The van der Waals surface area contributed by atoms with Crippen molar-refractivity contribution in [2.75, 3.05) is 20.8 Å². The van der Waals surface area contributed by atoms with Gasteiger partial charge in [-0.05, 0) is 38.7 Å². The molecule has 0 amide bonds. The summed E-state index contributed by atoms with van der Waals surface area (Å²) in [6, 6.07) is 0. The van der Waals surface area contributed by atoms with Crippen LogP contribution in [0, 0.1) is 23.7 Å². The number of hydrogen-bond donors (Lipinski definition) is 3. The van der Waals surface area contributed by atoms with Crippen molar-refractivity contribution in [1.82, 2.24) is 0 Å². The number of carbonyl (C=O) groups excluding carboxylic acids is 2. The Labute approximate surface area is 245 Å². The number of aliphatic hydroxyl groups is 3. The van der Waals surface area contributed by atoms with Crippen molar-refractivity contribution in [3.8, 4) is 0 Å². The van der Waals surface area contributed by atoms with E-state index >= 15 is 0 Å². The molecule has 2 aliphatic rings. The van der Waals surface area contributed by atoms with Crippen LogP contribution in [0.15, 0.2) is 23.8 Å². The molecule has 2 aliphatic heterocycles. The van der Waals surface area contributed by atoms with Crippen molar-refractivity contribution in [2.45, 2.75) is 116 Å². The molecule has 3 N–H and O–H groups in total. The van der Waals surface area contributed by atoms with E-state index in [2.05, 4.69) is 0 Å². The molecule has 0 aromatic carbocycles. The van der Waals surface area contributed by atoms with Gasteiger partial charge in [-0.2, -0.15) is 0 Å². The largest absolute Gasteiger partial charge is 0.462 e. The molecule has 0 spiro atoms. The Hall–Kier alpha value is -1.66. The van der Waals surface area contributed by atoms with Crippen LogP contribution in [0.1, 0.15) is 67.2 Å². The Kier molecular flexibility index (Phi) is 14.6. The van der Waals surface area contributed by atoms with Gasteiger partial charge in [0.15, 0.2) is 12.1 Å². The number of ether oxygens (including phenoxy) is 5. The Morgan fingerprint density at radius 2 is 1.61 bits per heavy atom. The van der Waals surface area contributed by atoms with Gasteiger partial charge >= 0.3 is 5.97 Å². The van der Waals surface area contributed by atoms with Gasteiger partial charge in [0.1, 0.15) is 24.4 Å². The zero-order chi connectivity index (χ0) is 30.9. The smallest absolute Gasteiger partial charge is 0.308 e. The number of cyclic esters (lactones) is 1. The van der Waals surface area contributed by atoms with Gasteiger partial charge < -0.3 is 39.0 Å². The number of hydrogen-bond acceptors (Lipinski definition) is 10. The van der Waals surface area contributed by atoms with Crippen LogP contribution in [0.25, 0.3) is 0 Å². The summed E-state index contributed by atoms with van der Waals surface area (Å²) in [5, 5.41) is 32.3. The van der Waals surface area contributed by atoms with E-state index in [1.807, 2.05) is 33.8 Å². The lowest BCUT2D eigenvalue weighted by atomic mass is 9.80. The molecule has 2 rings (SSSR count). The van der Waals surface area contributed by atoms with Gasteiger partial charge in [-0.15, -0.1) is 0 Å². The number of carbonyl (C=O) groups is 2. The first kappa shape index (κ1) is 35.5. The monoisotopic (exact) mass is 584 g/mol. The van der Waals surface area contributed by atoms with E-state index in [0.29, 0.717) is 19.3 Å². The highest BCUT2D eigenvalue weighted by Gasteiger charge is 2.45. The standard InChI is InChI=1S/C31H52O10/c1-9-21-14-18(4)23(32)12-11-17(3)13-22(25(10-2)41-26(34)15-24(33)19(5)27(21)35)16-39-31-30(38-8)29(37-7)28(36)20(6)40-31/h11-13,18-22,24-25,27-31,33,35-36H,9-10,14-16H2,1-8H3. The van der Waals surface area contributed by atoms with Gasteiger partial charge in [0.05, 0.1) is 31.3 Å². The molecule has 1 saturated heterocycles. The van der Waals surface area contributed by atoms with Crippen LogP contribution in [0.2, 0.25) is 0 Å². The van der Waals surface area contributed by atoms with Crippen molar-refractivity contribution < 1.29 is 48.6 Å². The first-order chi connectivity index (χ1) is 19.4. The van der Waals surface area contributed by atoms with Crippen LogP contribution < -0.4 is 0 Å². The first-order valence-electron chi connectivity index (χ1n) is 14.8. The maximum absolute atomic E-state index is 13.0. The Balaban J connectivity index is 2.37. The Bertz CT molecular complexity index is 888. The van der Waals surface area contributed by atoms with Gasteiger partial charge in [-0.3, -0.25) is 9.59 Å². The van der Waals surface area contributed by atoms with E-state index in [9.17, 15) is 24.9 Å². The summed E-state index contributed by atoms with van der Waals surface area (Å²) in [4.78, 5) is 25.9. The van der Waals surface area contributed by atoms with Gasteiger partial charge in [-0.1, -0.05) is 51.8 Å². The average Bonchev–Trinajstić information content (AvgIpc) is 2.95. The molecule has 0 aromatic heterocycles. The molecule has 0 aliphatic carbocycles. The third-order valence-electron chi connectivity index (χ3n) is 8.58. The maximum Gasteiger partial charge on any atom is 0.308 e. The summed E-state index contributed by atoms with van der Waals surface area (Å²) in [6.07, 6.45) is 0.241. The molecular formula is C31H52O10. The molecule has 12 unspecified atom stereocenters. The van der Waals surface area contributed by atoms with Gasteiger partial charge in [0.2, 0.25) is 0 Å². The van der Waals surface area contributed by atoms with E-state index in [4.69, 9.17) is 23.7 Å². The average molecular weight is 585 g/mol. The second kappa shape index (κ2) is 16.8. The lowest BCUT2D eigenvalue weighted by molar-refractivity contribution is -0.304. The third-order valence-corrected chi connectivity index (χ3v) is 8.58. The van der Waals surface area contributed by atoms with Crippen LogP contribution >= 0.6 is 0 Å². The highest BCUT2D eigenvalue weighted by Crippen LogP contribution is 2.30. The predicted molar refractivity (Wildman–Crippen MR) is 153 cm³/mol. The van der Waals surface area contributed by atoms with Crippen molar-refractivity contribution in [2.24, 2.45) is 23.7 Å². The second-order valence-corrected chi connectivity index (χ2v) is 11.6. The quantitative estimate of drug-likeness (QED) is 0.383. The van der Waals surface area contributed by atoms with Crippen LogP contribution in [0.5, 0.6) is 0 Å². The van der Waals surface area contributed by atoms with Gasteiger partial charge in [-0.25, -0.2) is 0 Å². The summed E-state index contributed by atoms with van der Waals surface area (Å²) in [7, 11) is 2.97. The van der Waals surface area contributed by atoms with Crippen LogP contribution in [-0.4, -0.2) is 96.9 Å². The van der Waals surface area contributed by atoms with E-state index < -0.39 is 66.8 Å². The summed E-state index contributed by atoms with van der Waals surface area (Å²) in [5.41, 5.74) is 0.785. The normalized spacial score (nSPS) is 40.2. The minimum absolute atomic E-state index is 0.0494. The topological polar surface area (TPSA) is 141 Å². The highest BCUT2D eigenvalue weighted by molar-refractivity contribution is 5.91. The highest BCUT2D eigenvalue weighted by atomic mass is 16.7. The molecule has 10 nitrogen and oxygen atoms in total. The summed E-state index contributed by atoms with van der Waals surface area (Å²) < 4.78 is 28.9. The molecule has 1 fully saturated rings. The molecule has 2 heterocycles. The summed E-state index contributed by atoms with van der Waals surface area (Å²) >= 11 is 0. The fourth-order valence-corrected chi connectivity index (χ4v) is 5.70. The minimum atomic E-state index is -1.10. The van der Waals surface area contributed by atoms with Crippen molar-refractivity contribution in [3.63, 3.8) is 0 Å². The summed E-state index contributed by atoms with van der Waals surface area (Å²) in [6.45, 7) is 11.0. The molecule has 41 heavy (non-hydrogen) atoms. The van der Waals surface area contributed by atoms with E-state index in [0.717, 1.165) is 5.57 Å². The van der Waals surface area contributed by atoms with E-state index in [1.165, 1.54) is 14.2 Å². The van der Waals surface area contributed by atoms with E-state index in [-0.39, 0.29) is 30.6 Å².